The van der Waals surface area contributed by atoms with Crippen LogP contribution in [0.2, 0.25) is 0 Å². The highest BCUT2D eigenvalue weighted by Crippen LogP contribution is 2.27. The van der Waals surface area contributed by atoms with Crippen LogP contribution in [0.5, 0.6) is 5.75 Å². The number of methoxy groups -OCH3 is 1. The number of benzene rings is 2. The van der Waals surface area contributed by atoms with E-state index < -0.39 is 0 Å². The summed E-state index contributed by atoms with van der Waals surface area (Å²) in [6, 6.07) is 17.5. The Labute approximate surface area is 194 Å². The molecule has 0 spiro atoms. The molecule has 2 aromatic carbocycles. The van der Waals surface area contributed by atoms with E-state index in [1.165, 1.54) is 0 Å². The van der Waals surface area contributed by atoms with Crippen molar-refractivity contribution in [3.05, 3.63) is 83.3 Å². The average molecular weight is 444 g/mol. The van der Waals surface area contributed by atoms with Crippen molar-refractivity contribution in [2.45, 2.75) is 40.3 Å². The molecule has 1 atom stereocenters. The molecule has 0 bridgehead atoms. The lowest BCUT2D eigenvalue weighted by Gasteiger charge is -2.15. The largest absolute Gasteiger partial charge is 0.497 e. The summed E-state index contributed by atoms with van der Waals surface area (Å²) in [5.74, 6) is 0.529. The molecule has 0 fully saturated rings. The molecule has 0 radical (unpaired) electrons. The Morgan fingerprint density at radius 3 is 2.48 bits per heavy atom. The lowest BCUT2D eigenvalue weighted by molar-refractivity contribution is 0.0936. The maximum atomic E-state index is 13.4. The number of carbonyl (C=O) groups is 1. The van der Waals surface area contributed by atoms with Gasteiger partial charge in [-0.1, -0.05) is 29.8 Å². The molecule has 0 aliphatic carbocycles. The third kappa shape index (κ3) is 4.98. The number of rotatable bonds is 7. The van der Waals surface area contributed by atoms with Crippen LogP contribution in [0.3, 0.4) is 0 Å². The van der Waals surface area contributed by atoms with Crippen molar-refractivity contribution in [3.63, 3.8) is 0 Å². The summed E-state index contributed by atoms with van der Waals surface area (Å²) in [5, 5.41) is 12.4. The van der Waals surface area contributed by atoms with E-state index in [2.05, 4.69) is 10.4 Å². The molecule has 2 aromatic heterocycles. The molecular formula is C26H29N5O2. The van der Waals surface area contributed by atoms with Gasteiger partial charge in [0.2, 0.25) is 0 Å². The molecule has 1 amide bonds. The SMILES string of the molecule is COc1cccc(-c2nn(-c3ccc(C)cc3)cc2C(=O)NC(C)Cn2nc(C)cc2C)c1. The van der Waals surface area contributed by atoms with Crippen LogP contribution in [0, 0.1) is 20.8 Å². The number of carbonyl (C=O) groups excluding carboxylic acids is 1. The van der Waals surface area contributed by atoms with Crippen molar-refractivity contribution in [3.8, 4) is 22.7 Å². The molecule has 33 heavy (non-hydrogen) atoms. The van der Waals surface area contributed by atoms with E-state index in [9.17, 15) is 4.79 Å². The van der Waals surface area contributed by atoms with E-state index in [0.717, 1.165) is 28.2 Å². The zero-order valence-corrected chi connectivity index (χ0v) is 19.7. The normalized spacial score (nSPS) is 11.9. The number of aromatic nitrogens is 4. The van der Waals surface area contributed by atoms with E-state index >= 15 is 0 Å². The van der Waals surface area contributed by atoms with E-state index in [4.69, 9.17) is 9.84 Å². The quantitative estimate of drug-likeness (QED) is 0.457. The molecule has 1 unspecified atom stereocenters. The standard InChI is InChI=1S/C26H29N5O2/c1-17-9-11-22(12-10-17)31-16-24(25(29-31)21-7-6-8-23(14-21)33-5)26(32)27-19(3)15-30-20(4)13-18(2)28-30/h6-14,16,19H,15H2,1-5H3,(H,27,32). The number of aryl methyl sites for hydroxylation is 3. The highest BCUT2D eigenvalue weighted by atomic mass is 16.5. The van der Waals surface area contributed by atoms with Crippen LogP contribution < -0.4 is 10.1 Å². The second-order valence-corrected chi connectivity index (χ2v) is 8.39. The van der Waals surface area contributed by atoms with Crippen LogP contribution in [0.25, 0.3) is 16.9 Å². The fraction of sp³-hybridized carbons (Fsp3) is 0.269. The van der Waals surface area contributed by atoms with Gasteiger partial charge in [0.15, 0.2) is 0 Å². The van der Waals surface area contributed by atoms with Crippen molar-refractivity contribution < 1.29 is 9.53 Å². The van der Waals surface area contributed by atoms with Crippen LogP contribution >= 0.6 is 0 Å². The number of amides is 1. The molecule has 0 aliphatic rings. The summed E-state index contributed by atoms with van der Waals surface area (Å²) in [7, 11) is 1.62. The molecule has 4 rings (SSSR count). The fourth-order valence-electron chi connectivity index (χ4n) is 3.82. The van der Waals surface area contributed by atoms with Crippen LogP contribution in [-0.2, 0) is 6.54 Å². The number of hydrogen-bond acceptors (Lipinski definition) is 4. The summed E-state index contributed by atoms with van der Waals surface area (Å²) in [4.78, 5) is 13.4. The first kappa shape index (κ1) is 22.3. The second-order valence-electron chi connectivity index (χ2n) is 8.39. The van der Waals surface area contributed by atoms with Gasteiger partial charge in [0.1, 0.15) is 11.4 Å². The maximum absolute atomic E-state index is 13.4. The predicted molar refractivity (Wildman–Crippen MR) is 129 cm³/mol. The Morgan fingerprint density at radius 2 is 1.82 bits per heavy atom. The van der Waals surface area contributed by atoms with Crippen LogP contribution in [0.15, 0.2) is 60.8 Å². The smallest absolute Gasteiger partial charge is 0.255 e. The van der Waals surface area contributed by atoms with E-state index in [1.54, 1.807) is 18.0 Å². The van der Waals surface area contributed by atoms with Gasteiger partial charge in [0, 0.05) is 23.5 Å². The first-order valence-corrected chi connectivity index (χ1v) is 11.0. The number of hydrogen-bond donors (Lipinski definition) is 1. The van der Waals surface area contributed by atoms with E-state index in [-0.39, 0.29) is 11.9 Å². The van der Waals surface area contributed by atoms with E-state index in [1.807, 2.05) is 87.0 Å². The monoisotopic (exact) mass is 443 g/mol. The summed E-state index contributed by atoms with van der Waals surface area (Å²) in [6.07, 6.45) is 1.78. The summed E-state index contributed by atoms with van der Waals surface area (Å²) in [5.41, 5.74) is 6.00. The van der Waals surface area contributed by atoms with Gasteiger partial charge < -0.3 is 10.1 Å². The fourth-order valence-corrected chi connectivity index (χ4v) is 3.82. The predicted octanol–water partition coefficient (Wildman–Crippen LogP) is 4.49. The maximum Gasteiger partial charge on any atom is 0.255 e. The molecule has 1 N–H and O–H groups in total. The van der Waals surface area contributed by atoms with Gasteiger partial charge in [-0.05, 0) is 58.0 Å². The molecule has 170 valence electrons. The van der Waals surface area contributed by atoms with Gasteiger partial charge in [-0.15, -0.1) is 0 Å². The Bertz CT molecular complexity index is 1270. The third-order valence-electron chi connectivity index (χ3n) is 5.53. The molecular weight excluding hydrogens is 414 g/mol. The van der Waals surface area contributed by atoms with Gasteiger partial charge in [-0.2, -0.15) is 10.2 Å². The van der Waals surface area contributed by atoms with Crippen molar-refractivity contribution >= 4 is 5.91 Å². The van der Waals surface area contributed by atoms with Gasteiger partial charge in [-0.25, -0.2) is 4.68 Å². The van der Waals surface area contributed by atoms with Crippen molar-refractivity contribution in [1.29, 1.82) is 0 Å². The zero-order chi connectivity index (χ0) is 23.5. The molecule has 0 saturated carbocycles. The lowest BCUT2D eigenvalue weighted by Crippen LogP contribution is -2.36. The number of nitrogens with zero attached hydrogens (tertiary/aromatic N) is 4. The third-order valence-corrected chi connectivity index (χ3v) is 5.53. The minimum absolute atomic E-state index is 0.114. The Morgan fingerprint density at radius 1 is 1.06 bits per heavy atom. The summed E-state index contributed by atoms with van der Waals surface area (Å²) >= 11 is 0. The van der Waals surface area contributed by atoms with Gasteiger partial charge in [-0.3, -0.25) is 9.48 Å². The molecule has 4 aromatic rings. The van der Waals surface area contributed by atoms with Crippen molar-refractivity contribution in [2.24, 2.45) is 0 Å². The molecule has 7 nitrogen and oxygen atoms in total. The Balaban J connectivity index is 1.66. The van der Waals surface area contributed by atoms with Crippen LogP contribution in [0.1, 0.15) is 34.2 Å². The molecule has 7 heteroatoms. The molecule has 0 aliphatic heterocycles. The lowest BCUT2D eigenvalue weighted by atomic mass is 10.1. The Kier molecular flexibility index (Phi) is 6.31. The van der Waals surface area contributed by atoms with Crippen LogP contribution in [-0.4, -0.2) is 38.6 Å². The average Bonchev–Trinajstić information content (AvgIpc) is 3.37. The van der Waals surface area contributed by atoms with E-state index in [0.29, 0.717) is 23.6 Å². The number of nitrogens with one attached hydrogen (secondary N) is 1. The summed E-state index contributed by atoms with van der Waals surface area (Å²) < 4.78 is 9.04. The van der Waals surface area contributed by atoms with Gasteiger partial charge >= 0.3 is 0 Å². The van der Waals surface area contributed by atoms with Crippen LogP contribution in [0.4, 0.5) is 0 Å². The highest BCUT2D eigenvalue weighted by molar-refractivity contribution is 6.00. The zero-order valence-electron chi connectivity index (χ0n) is 19.7. The molecule has 2 heterocycles. The van der Waals surface area contributed by atoms with Crippen molar-refractivity contribution in [2.75, 3.05) is 7.11 Å². The molecule has 0 saturated heterocycles. The topological polar surface area (TPSA) is 74.0 Å². The first-order chi connectivity index (χ1) is 15.8. The highest BCUT2D eigenvalue weighted by Gasteiger charge is 2.21. The minimum Gasteiger partial charge on any atom is -0.497 e. The van der Waals surface area contributed by atoms with Crippen molar-refractivity contribution in [1.82, 2.24) is 24.9 Å². The minimum atomic E-state index is -0.180. The van der Waals surface area contributed by atoms with Gasteiger partial charge in [0.25, 0.3) is 5.91 Å². The Hall–Kier alpha value is -3.87. The summed E-state index contributed by atoms with van der Waals surface area (Å²) in [6.45, 7) is 8.58. The number of ether oxygens (including phenoxy) is 1. The second kappa shape index (κ2) is 9.32. The van der Waals surface area contributed by atoms with Gasteiger partial charge in [0.05, 0.1) is 30.6 Å². The first-order valence-electron chi connectivity index (χ1n) is 11.0.